The van der Waals surface area contributed by atoms with E-state index in [-0.39, 0.29) is 5.41 Å². The van der Waals surface area contributed by atoms with Crippen molar-refractivity contribution in [2.45, 2.75) is 33.7 Å². The summed E-state index contributed by atoms with van der Waals surface area (Å²) >= 11 is 0. The summed E-state index contributed by atoms with van der Waals surface area (Å²) < 4.78 is 5.50. The molecule has 0 radical (unpaired) electrons. The van der Waals surface area contributed by atoms with E-state index in [1.807, 2.05) is 0 Å². The third-order valence-electron chi connectivity index (χ3n) is 1.97. The van der Waals surface area contributed by atoms with E-state index in [1.54, 1.807) is 12.4 Å². The van der Waals surface area contributed by atoms with Gasteiger partial charge >= 0.3 is 0 Å². The van der Waals surface area contributed by atoms with E-state index in [0.29, 0.717) is 19.0 Å². The van der Waals surface area contributed by atoms with Gasteiger partial charge in [-0.25, -0.2) is 4.98 Å². The van der Waals surface area contributed by atoms with Crippen molar-refractivity contribution in [2.75, 3.05) is 6.61 Å². The molecule has 0 saturated carbocycles. The highest BCUT2D eigenvalue weighted by Crippen LogP contribution is 2.18. The average molecular weight is 209 g/mol. The van der Waals surface area contributed by atoms with Crippen molar-refractivity contribution in [1.82, 2.24) is 9.97 Å². The normalized spacial score (nSPS) is 11.5. The summed E-state index contributed by atoms with van der Waals surface area (Å²) in [7, 11) is 0. The van der Waals surface area contributed by atoms with Gasteiger partial charge in [0, 0.05) is 12.7 Å². The van der Waals surface area contributed by atoms with Gasteiger partial charge in [0.25, 0.3) is 0 Å². The van der Waals surface area contributed by atoms with Gasteiger partial charge in [0.2, 0.25) is 5.88 Å². The summed E-state index contributed by atoms with van der Waals surface area (Å²) in [6.45, 7) is 7.59. The molecule has 2 N–H and O–H groups in total. The SMILES string of the molecule is CC(C)(C)CCOc1cncc(CN)n1. The summed E-state index contributed by atoms with van der Waals surface area (Å²) in [5.74, 6) is 0.558. The van der Waals surface area contributed by atoms with Crippen LogP contribution in [0, 0.1) is 5.41 Å². The van der Waals surface area contributed by atoms with Crippen molar-refractivity contribution in [3.8, 4) is 5.88 Å². The van der Waals surface area contributed by atoms with E-state index in [2.05, 4.69) is 30.7 Å². The Morgan fingerprint density at radius 1 is 1.33 bits per heavy atom. The Morgan fingerprint density at radius 3 is 2.67 bits per heavy atom. The molecule has 0 fully saturated rings. The topological polar surface area (TPSA) is 61.0 Å². The van der Waals surface area contributed by atoms with Gasteiger partial charge in [-0.15, -0.1) is 0 Å². The van der Waals surface area contributed by atoms with Crippen LogP contribution >= 0.6 is 0 Å². The van der Waals surface area contributed by atoms with Crippen molar-refractivity contribution < 1.29 is 4.74 Å². The Kier molecular flexibility index (Phi) is 4.03. The van der Waals surface area contributed by atoms with Crippen molar-refractivity contribution in [1.29, 1.82) is 0 Å². The van der Waals surface area contributed by atoms with E-state index in [4.69, 9.17) is 10.5 Å². The fourth-order valence-corrected chi connectivity index (χ4v) is 1.02. The summed E-state index contributed by atoms with van der Waals surface area (Å²) in [4.78, 5) is 8.20. The highest BCUT2D eigenvalue weighted by Gasteiger charge is 2.10. The molecule has 4 nitrogen and oxygen atoms in total. The number of ether oxygens (including phenoxy) is 1. The van der Waals surface area contributed by atoms with Gasteiger partial charge in [-0.1, -0.05) is 20.8 Å². The largest absolute Gasteiger partial charge is 0.477 e. The minimum atomic E-state index is 0.277. The Bertz CT molecular complexity index is 307. The van der Waals surface area contributed by atoms with Gasteiger partial charge in [-0.3, -0.25) is 4.98 Å². The molecule has 0 bridgehead atoms. The van der Waals surface area contributed by atoms with E-state index in [1.165, 1.54) is 0 Å². The fraction of sp³-hybridized carbons (Fsp3) is 0.636. The molecule has 0 atom stereocenters. The van der Waals surface area contributed by atoms with Crippen LogP contribution in [0.25, 0.3) is 0 Å². The number of hydrogen-bond donors (Lipinski definition) is 1. The Hall–Kier alpha value is -1.16. The molecule has 84 valence electrons. The third kappa shape index (κ3) is 4.74. The molecule has 1 rings (SSSR count). The molecule has 1 heterocycles. The van der Waals surface area contributed by atoms with Crippen LogP contribution in [0.4, 0.5) is 0 Å². The van der Waals surface area contributed by atoms with Gasteiger partial charge in [0.1, 0.15) is 0 Å². The molecule has 0 spiro atoms. The first-order valence-corrected chi connectivity index (χ1v) is 5.15. The van der Waals surface area contributed by atoms with Gasteiger partial charge < -0.3 is 10.5 Å². The van der Waals surface area contributed by atoms with E-state index in [9.17, 15) is 0 Å². The van der Waals surface area contributed by atoms with E-state index >= 15 is 0 Å². The van der Waals surface area contributed by atoms with Crippen LogP contribution < -0.4 is 10.5 Å². The molecule has 0 aromatic carbocycles. The molecule has 0 aliphatic rings. The second-order valence-corrected chi connectivity index (χ2v) is 4.71. The summed E-state index contributed by atoms with van der Waals surface area (Å²) in [5.41, 5.74) is 6.49. The van der Waals surface area contributed by atoms with E-state index < -0.39 is 0 Å². The smallest absolute Gasteiger partial charge is 0.232 e. The zero-order chi connectivity index (χ0) is 11.3. The molecular formula is C11H19N3O. The van der Waals surface area contributed by atoms with Gasteiger partial charge in [-0.2, -0.15) is 0 Å². The summed E-state index contributed by atoms with van der Waals surface area (Å²) in [6.07, 6.45) is 4.25. The van der Waals surface area contributed by atoms with Crippen molar-refractivity contribution in [3.63, 3.8) is 0 Å². The maximum Gasteiger partial charge on any atom is 0.232 e. The molecule has 4 heteroatoms. The monoisotopic (exact) mass is 209 g/mol. The minimum Gasteiger partial charge on any atom is -0.477 e. The first-order valence-electron chi connectivity index (χ1n) is 5.15. The van der Waals surface area contributed by atoms with Crippen molar-refractivity contribution in [2.24, 2.45) is 11.1 Å². The first-order chi connectivity index (χ1) is 7.01. The maximum atomic E-state index is 5.50. The van der Waals surface area contributed by atoms with E-state index in [0.717, 1.165) is 12.1 Å². The average Bonchev–Trinajstić information content (AvgIpc) is 2.16. The predicted octanol–water partition coefficient (Wildman–Crippen LogP) is 1.75. The second kappa shape index (κ2) is 5.07. The quantitative estimate of drug-likeness (QED) is 0.820. The van der Waals surface area contributed by atoms with Crippen LogP contribution in [0.1, 0.15) is 32.9 Å². The van der Waals surface area contributed by atoms with Gasteiger partial charge in [0.15, 0.2) is 0 Å². The van der Waals surface area contributed by atoms with Crippen LogP contribution in [-0.4, -0.2) is 16.6 Å². The molecule has 15 heavy (non-hydrogen) atoms. The predicted molar refractivity (Wildman–Crippen MR) is 59.5 cm³/mol. The number of nitrogens with two attached hydrogens (primary N) is 1. The highest BCUT2D eigenvalue weighted by molar-refractivity contribution is 5.07. The Morgan fingerprint density at radius 2 is 2.07 bits per heavy atom. The lowest BCUT2D eigenvalue weighted by molar-refractivity contribution is 0.235. The maximum absolute atomic E-state index is 5.50. The van der Waals surface area contributed by atoms with Crippen LogP contribution in [-0.2, 0) is 6.54 Å². The second-order valence-electron chi connectivity index (χ2n) is 4.71. The van der Waals surface area contributed by atoms with Crippen LogP contribution in [0.3, 0.4) is 0 Å². The summed E-state index contributed by atoms with van der Waals surface area (Å²) in [5, 5.41) is 0. The lowest BCUT2D eigenvalue weighted by atomic mass is 9.93. The zero-order valence-electron chi connectivity index (χ0n) is 9.66. The zero-order valence-corrected chi connectivity index (χ0v) is 9.66. The van der Waals surface area contributed by atoms with Gasteiger partial charge in [-0.05, 0) is 11.8 Å². The lowest BCUT2D eigenvalue weighted by Gasteiger charge is -2.17. The van der Waals surface area contributed by atoms with Crippen LogP contribution in [0.15, 0.2) is 12.4 Å². The molecule has 0 amide bonds. The lowest BCUT2D eigenvalue weighted by Crippen LogP contribution is -2.12. The van der Waals surface area contributed by atoms with Gasteiger partial charge in [0.05, 0.1) is 18.5 Å². The third-order valence-corrected chi connectivity index (χ3v) is 1.97. The minimum absolute atomic E-state index is 0.277. The Labute approximate surface area is 90.9 Å². The molecule has 1 aromatic rings. The van der Waals surface area contributed by atoms with Crippen molar-refractivity contribution >= 4 is 0 Å². The number of aromatic nitrogens is 2. The number of nitrogens with zero attached hydrogens (tertiary/aromatic N) is 2. The molecular weight excluding hydrogens is 190 g/mol. The first kappa shape index (κ1) is 11.9. The highest BCUT2D eigenvalue weighted by atomic mass is 16.5. The number of rotatable bonds is 4. The molecule has 0 unspecified atom stereocenters. The standard InChI is InChI=1S/C11H19N3O/c1-11(2,3)4-5-15-10-8-13-7-9(6-12)14-10/h7-8H,4-6,12H2,1-3H3. The molecule has 1 aromatic heterocycles. The van der Waals surface area contributed by atoms with Crippen molar-refractivity contribution in [3.05, 3.63) is 18.1 Å². The molecule has 0 aliphatic heterocycles. The fourth-order valence-electron chi connectivity index (χ4n) is 1.02. The van der Waals surface area contributed by atoms with Crippen LogP contribution in [0.2, 0.25) is 0 Å². The Balaban J connectivity index is 2.44. The van der Waals surface area contributed by atoms with Crippen LogP contribution in [0.5, 0.6) is 5.88 Å². The molecule has 0 saturated heterocycles. The molecule has 0 aliphatic carbocycles. The summed E-state index contributed by atoms with van der Waals surface area (Å²) in [6, 6.07) is 0. The number of hydrogen-bond acceptors (Lipinski definition) is 4.